The molecule has 0 radical (unpaired) electrons. The summed E-state index contributed by atoms with van der Waals surface area (Å²) in [5.41, 5.74) is 2.25. The second-order valence-corrected chi connectivity index (χ2v) is 4.80. The lowest BCUT2D eigenvalue weighted by atomic mass is 10.2. The van der Waals surface area contributed by atoms with Gasteiger partial charge >= 0.3 is 0 Å². The fourth-order valence-electron chi connectivity index (χ4n) is 2.26. The average molecular weight is 258 g/mol. The van der Waals surface area contributed by atoms with E-state index in [0.29, 0.717) is 6.10 Å². The van der Waals surface area contributed by atoms with Crippen LogP contribution in [0.15, 0.2) is 36.9 Å². The van der Waals surface area contributed by atoms with Crippen molar-refractivity contribution in [3.8, 4) is 0 Å². The normalized spacial score (nSPS) is 18.6. The van der Waals surface area contributed by atoms with Crippen LogP contribution in [0.1, 0.15) is 18.4 Å². The van der Waals surface area contributed by atoms with Crippen molar-refractivity contribution >= 4 is 5.69 Å². The Hall–Kier alpha value is -1.88. The number of anilines is 1. The molecule has 1 aliphatic rings. The van der Waals surface area contributed by atoms with E-state index in [9.17, 15) is 0 Å². The van der Waals surface area contributed by atoms with Crippen LogP contribution in [-0.2, 0) is 17.8 Å². The standard InChI is InChI=1S/C14H18N4O/c1-2-14(19-7-1)11-18-10-13(9-17-18)16-8-12-3-5-15-6-4-12/h3-6,9-10,14,16H,1-2,7-8,11H2. The molecule has 0 bridgehead atoms. The molecule has 2 aromatic rings. The van der Waals surface area contributed by atoms with Gasteiger partial charge in [-0.05, 0) is 30.5 Å². The lowest BCUT2D eigenvalue weighted by Gasteiger charge is -2.08. The van der Waals surface area contributed by atoms with Gasteiger partial charge < -0.3 is 10.1 Å². The topological polar surface area (TPSA) is 52.0 Å². The molecule has 100 valence electrons. The second-order valence-electron chi connectivity index (χ2n) is 4.80. The van der Waals surface area contributed by atoms with Gasteiger partial charge in [0.2, 0.25) is 0 Å². The molecule has 1 atom stereocenters. The van der Waals surface area contributed by atoms with Crippen LogP contribution in [0.4, 0.5) is 5.69 Å². The lowest BCUT2D eigenvalue weighted by molar-refractivity contribution is 0.0940. The Kier molecular flexibility index (Phi) is 3.74. The molecule has 1 N–H and O–H groups in total. The highest BCUT2D eigenvalue weighted by molar-refractivity contribution is 5.38. The molecular weight excluding hydrogens is 240 g/mol. The molecule has 0 spiro atoms. The molecule has 0 aliphatic carbocycles. The summed E-state index contributed by atoms with van der Waals surface area (Å²) < 4.78 is 7.56. The summed E-state index contributed by atoms with van der Waals surface area (Å²) >= 11 is 0. The first-order valence-electron chi connectivity index (χ1n) is 6.67. The average Bonchev–Trinajstić information content (AvgIpc) is 3.10. The Labute approximate surface area is 112 Å². The van der Waals surface area contributed by atoms with Crippen molar-refractivity contribution in [2.75, 3.05) is 11.9 Å². The first-order valence-corrected chi connectivity index (χ1v) is 6.67. The van der Waals surface area contributed by atoms with E-state index in [1.54, 1.807) is 12.4 Å². The van der Waals surface area contributed by atoms with Gasteiger partial charge in [-0.25, -0.2) is 0 Å². The minimum Gasteiger partial charge on any atom is -0.378 e. The quantitative estimate of drug-likeness (QED) is 0.892. The lowest BCUT2D eigenvalue weighted by Crippen LogP contribution is -2.15. The molecule has 0 amide bonds. The van der Waals surface area contributed by atoms with Crippen LogP contribution >= 0.6 is 0 Å². The molecule has 2 aromatic heterocycles. The van der Waals surface area contributed by atoms with Crippen molar-refractivity contribution in [1.29, 1.82) is 0 Å². The van der Waals surface area contributed by atoms with Crippen LogP contribution in [0.25, 0.3) is 0 Å². The van der Waals surface area contributed by atoms with E-state index in [4.69, 9.17) is 4.74 Å². The highest BCUT2D eigenvalue weighted by Gasteiger charge is 2.16. The summed E-state index contributed by atoms with van der Waals surface area (Å²) in [5.74, 6) is 0. The van der Waals surface area contributed by atoms with Gasteiger partial charge in [0.15, 0.2) is 0 Å². The number of hydrogen-bond acceptors (Lipinski definition) is 4. The van der Waals surface area contributed by atoms with E-state index < -0.39 is 0 Å². The molecule has 3 rings (SSSR count). The fraction of sp³-hybridized carbons (Fsp3) is 0.429. The molecular formula is C14H18N4O. The summed E-state index contributed by atoms with van der Waals surface area (Å²) in [4.78, 5) is 4.00. The largest absolute Gasteiger partial charge is 0.378 e. The van der Waals surface area contributed by atoms with E-state index in [1.807, 2.05) is 29.2 Å². The predicted octanol–water partition coefficient (Wildman–Crippen LogP) is 2.07. The molecule has 5 heteroatoms. The number of ether oxygens (including phenoxy) is 1. The molecule has 0 aromatic carbocycles. The van der Waals surface area contributed by atoms with Gasteiger partial charge in [0.05, 0.1) is 24.5 Å². The van der Waals surface area contributed by atoms with Crippen LogP contribution in [0.3, 0.4) is 0 Å². The maximum Gasteiger partial charge on any atom is 0.0771 e. The second kappa shape index (κ2) is 5.84. The van der Waals surface area contributed by atoms with Gasteiger partial charge in [-0.2, -0.15) is 5.10 Å². The van der Waals surface area contributed by atoms with Crippen LogP contribution < -0.4 is 5.32 Å². The monoisotopic (exact) mass is 258 g/mol. The Bertz CT molecular complexity index is 505. The summed E-state index contributed by atoms with van der Waals surface area (Å²) in [6, 6.07) is 4.01. The molecule has 0 saturated carbocycles. The summed E-state index contributed by atoms with van der Waals surface area (Å²) in [7, 11) is 0. The van der Waals surface area contributed by atoms with E-state index in [0.717, 1.165) is 31.8 Å². The van der Waals surface area contributed by atoms with Crippen LogP contribution in [0.2, 0.25) is 0 Å². The zero-order valence-electron chi connectivity index (χ0n) is 10.8. The zero-order valence-corrected chi connectivity index (χ0v) is 10.8. The predicted molar refractivity (Wildman–Crippen MR) is 72.8 cm³/mol. The first kappa shape index (κ1) is 12.2. The van der Waals surface area contributed by atoms with Crippen molar-refractivity contribution in [3.05, 3.63) is 42.5 Å². The molecule has 1 fully saturated rings. The molecule has 5 nitrogen and oxygen atoms in total. The number of pyridine rings is 1. The minimum absolute atomic E-state index is 0.327. The van der Waals surface area contributed by atoms with Crippen LogP contribution in [-0.4, -0.2) is 27.5 Å². The van der Waals surface area contributed by atoms with Crippen molar-refractivity contribution in [3.63, 3.8) is 0 Å². The van der Waals surface area contributed by atoms with Crippen LogP contribution in [0.5, 0.6) is 0 Å². The van der Waals surface area contributed by atoms with Gasteiger partial charge in [0, 0.05) is 31.7 Å². The summed E-state index contributed by atoms with van der Waals surface area (Å²) in [5, 5.41) is 7.71. The smallest absolute Gasteiger partial charge is 0.0771 e. The zero-order chi connectivity index (χ0) is 12.9. The minimum atomic E-state index is 0.327. The maximum absolute atomic E-state index is 5.61. The SMILES string of the molecule is c1cc(CNc2cnn(CC3CCCO3)c2)ccn1. The Balaban J connectivity index is 1.53. The third-order valence-corrected chi connectivity index (χ3v) is 3.29. The molecule has 1 saturated heterocycles. The fourth-order valence-corrected chi connectivity index (χ4v) is 2.26. The Morgan fingerprint density at radius 1 is 1.37 bits per heavy atom. The third-order valence-electron chi connectivity index (χ3n) is 3.29. The summed E-state index contributed by atoms with van der Waals surface area (Å²) in [6.45, 7) is 2.52. The van der Waals surface area contributed by atoms with Crippen molar-refractivity contribution in [2.24, 2.45) is 0 Å². The molecule has 19 heavy (non-hydrogen) atoms. The maximum atomic E-state index is 5.61. The number of nitrogens with zero attached hydrogens (tertiary/aromatic N) is 3. The number of nitrogens with one attached hydrogen (secondary N) is 1. The number of hydrogen-bond donors (Lipinski definition) is 1. The van der Waals surface area contributed by atoms with Crippen molar-refractivity contribution in [2.45, 2.75) is 32.0 Å². The van der Waals surface area contributed by atoms with Gasteiger partial charge in [-0.1, -0.05) is 0 Å². The molecule has 3 heterocycles. The van der Waals surface area contributed by atoms with Gasteiger partial charge in [-0.15, -0.1) is 0 Å². The van der Waals surface area contributed by atoms with Crippen molar-refractivity contribution in [1.82, 2.24) is 14.8 Å². The number of aromatic nitrogens is 3. The Morgan fingerprint density at radius 3 is 3.05 bits per heavy atom. The molecule has 1 unspecified atom stereocenters. The number of rotatable bonds is 5. The van der Waals surface area contributed by atoms with Crippen molar-refractivity contribution < 1.29 is 4.74 Å². The van der Waals surface area contributed by atoms with Gasteiger partial charge in [-0.3, -0.25) is 9.67 Å². The van der Waals surface area contributed by atoms with E-state index >= 15 is 0 Å². The van der Waals surface area contributed by atoms with E-state index in [2.05, 4.69) is 15.4 Å². The van der Waals surface area contributed by atoms with Gasteiger partial charge in [0.25, 0.3) is 0 Å². The van der Waals surface area contributed by atoms with Gasteiger partial charge in [0.1, 0.15) is 0 Å². The Morgan fingerprint density at radius 2 is 2.26 bits per heavy atom. The van der Waals surface area contributed by atoms with E-state index in [1.165, 1.54) is 12.0 Å². The third kappa shape index (κ3) is 3.32. The molecule has 1 aliphatic heterocycles. The highest BCUT2D eigenvalue weighted by atomic mass is 16.5. The summed E-state index contributed by atoms with van der Waals surface area (Å²) in [6.07, 6.45) is 10.1. The van der Waals surface area contributed by atoms with Crippen LogP contribution in [0, 0.1) is 0 Å². The highest BCUT2D eigenvalue weighted by Crippen LogP contribution is 2.15. The van der Waals surface area contributed by atoms with E-state index in [-0.39, 0.29) is 0 Å². The first-order chi connectivity index (χ1) is 9.40.